The zero-order valence-electron chi connectivity index (χ0n) is 13.0. The SMILES string of the molecule is COC(=O)[C@@H](Cc1ccccc1C#N)NC(=O)c1cccc(Br)c1. The number of rotatable bonds is 5. The summed E-state index contributed by atoms with van der Waals surface area (Å²) in [5, 5.41) is 11.8. The molecule has 24 heavy (non-hydrogen) atoms. The summed E-state index contributed by atoms with van der Waals surface area (Å²) in [6.45, 7) is 0. The van der Waals surface area contributed by atoms with Crippen LogP contribution in [0.2, 0.25) is 0 Å². The second-order valence-corrected chi connectivity index (χ2v) is 5.95. The molecule has 0 saturated carbocycles. The van der Waals surface area contributed by atoms with E-state index in [1.54, 1.807) is 48.5 Å². The second kappa shape index (κ2) is 8.27. The molecule has 0 aliphatic carbocycles. The highest BCUT2D eigenvalue weighted by Gasteiger charge is 2.23. The van der Waals surface area contributed by atoms with Crippen LogP contribution < -0.4 is 5.32 Å². The molecule has 6 heteroatoms. The van der Waals surface area contributed by atoms with E-state index < -0.39 is 12.0 Å². The Kier molecular flexibility index (Phi) is 6.10. The van der Waals surface area contributed by atoms with Crippen LogP contribution in [0.5, 0.6) is 0 Å². The number of halogens is 1. The molecule has 2 aromatic carbocycles. The lowest BCUT2D eigenvalue weighted by Gasteiger charge is -2.17. The van der Waals surface area contributed by atoms with E-state index in [0.29, 0.717) is 16.7 Å². The molecule has 0 heterocycles. The third kappa shape index (κ3) is 4.43. The fourth-order valence-corrected chi connectivity index (χ4v) is 2.63. The van der Waals surface area contributed by atoms with E-state index in [4.69, 9.17) is 10.00 Å². The van der Waals surface area contributed by atoms with Gasteiger partial charge in [-0.2, -0.15) is 5.26 Å². The normalized spacial score (nSPS) is 11.2. The van der Waals surface area contributed by atoms with Gasteiger partial charge in [0.2, 0.25) is 0 Å². The molecule has 0 bridgehead atoms. The number of nitriles is 1. The largest absolute Gasteiger partial charge is 0.467 e. The van der Waals surface area contributed by atoms with E-state index in [1.165, 1.54) is 7.11 Å². The van der Waals surface area contributed by atoms with Crippen molar-refractivity contribution in [3.05, 3.63) is 69.7 Å². The van der Waals surface area contributed by atoms with Crippen LogP contribution in [-0.2, 0) is 16.0 Å². The van der Waals surface area contributed by atoms with Gasteiger partial charge in [-0.15, -0.1) is 0 Å². The molecular weight excluding hydrogens is 372 g/mol. The summed E-state index contributed by atoms with van der Waals surface area (Å²) < 4.78 is 5.54. The van der Waals surface area contributed by atoms with Crippen LogP contribution >= 0.6 is 15.9 Å². The third-order valence-electron chi connectivity index (χ3n) is 3.44. The van der Waals surface area contributed by atoms with Gasteiger partial charge >= 0.3 is 5.97 Å². The Hall–Kier alpha value is -2.65. The lowest BCUT2D eigenvalue weighted by Crippen LogP contribution is -2.43. The molecule has 0 aromatic heterocycles. The first kappa shape index (κ1) is 17.7. The van der Waals surface area contributed by atoms with Gasteiger partial charge < -0.3 is 10.1 Å². The number of nitrogens with one attached hydrogen (secondary N) is 1. The molecule has 1 atom stereocenters. The van der Waals surface area contributed by atoms with Crippen molar-refractivity contribution < 1.29 is 14.3 Å². The average molecular weight is 387 g/mol. The van der Waals surface area contributed by atoms with Gasteiger partial charge in [0, 0.05) is 16.5 Å². The van der Waals surface area contributed by atoms with Crippen molar-refractivity contribution in [3.63, 3.8) is 0 Å². The average Bonchev–Trinajstić information content (AvgIpc) is 2.60. The minimum atomic E-state index is -0.879. The van der Waals surface area contributed by atoms with Gasteiger partial charge in [-0.3, -0.25) is 4.79 Å². The van der Waals surface area contributed by atoms with Gasteiger partial charge in [-0.05, 0) is 29.8 Å². The van der Waals surface area contributed by atoms with Gasteiger partial charge in [-0.1, -0.05) is 40.2 Å². The maximum absolute atomic E-state index is 12.4. The van der Waals surface area contributed by atoms with E-state index in [2.05, 4.69) is 27.3 Å². The quantitative estimate of drug-likeness (QED) is 0.801. The van der Waals surface area contributed by atoms with Crippen molar-refractivity contribution in [2.24, 2.45) is 0 Å². The van der Waals surface area contributed by atoms with E-state index in [1.807, 2.05) is 0 Å². The first-order valence-corrected chi connectivity index (χ1v) is 7.96. The van der Waals surface area contributed by atoms with E-state index in [9.17, 15) is 9.59 Å². The van der Waals surface area contributed by atoms with Crippen LogP contribution in [0.4, 0.5) is 0 Å². The summed E-state index contributed by atoms with van der Waals surface area (Å²) in [7, 11) is 1.26. The number of carbonyl (C=O) groups excluding carboxylic acids is 2. The first-order chi connectivity index (χ1) is 11.5. The molecule has 0 spiro atoms. The number of ether oxygens (including phenoxy) is 1. The fraction of sp³-hybridized carbons (Fsp3) is 0.167. The standard InChI is InChI=1S/C18H15BrN2O3/c1-24-18(23)16(10-12-5-2-3-6-14(12)11-20)21-17(22)13-7-4-8-15(19)9-13/h2-9,16H,10H2,1H3,(H,21,22)/t16-/m1/s1. The van der Waals surface area contributed by atoms with Crippen molar-refractivity contribution in [3.8, 4) is 6.07 Å². The van der Waals surface area contributed by atoms with Crippen LogP contribution in [0.1, 0.15) is 21.5 Å². The third-order valence-corrected chi connectivity index (χ3v) is 3.93. The summed E-state index contributed by atoms with van der Waals surface area (Å²) in [6.07, 6.45) is 0.177. The smallest absolute Gasteiger partial charge is 0.328 e. The summed E-state index contributed by atoms with van der Waals surface area (Å²) in [5.74, 6) is -0.952. The Morgan fingerprint density at radius 2 is 2.00 bits per heavy atom. The molecular formula is C18H15BrN2O3. The number of amides is 1. The number of hydrogen-bond acceptors (Lipinski definition) is 4. The van der Waals surface area contributed by atoms with E-state index in [-0.39, 0.29) is 12.3 Å². The molecule has 122 valence electrons. The Balaban J connectivity index is 2.22. The maximum atomic E-state index is 12.4. The van der Waals surface area contributed by atoms with Crippen LogP contribution in [-0.4, -0.2) is 25.0 Å². The van der Waals surface area contributed by atoms with Crippen LogP contribution in [0.15, 0.2) is 53.0 Å². The van der Waals surface area contributed by atoms with Crippen molar-refractivity contribution in [1.29, 1.82) is 5.26 Å². The lowest BCUT2D eigenvalue weighted by atomic mass is 10.0. The van der Waals surface area contributed by atoms with Crippen molar-refractivity contribution >= 4 is 27.8 Å². The highest BCUT2D eigenvalue weighted by Crippen LogP contribution is 2.14. The number of methoxy groups -OCH3 is 1. The molecule has 0 radical (unpaired) electrons. The minimum Gasteiger partial charge on any atom is -0.467 e. The Morgan fingerprint density at radius 3 is 2.67 bits per heavy atom. The summed E-state index contributed by atoms with van der Waals surface area (Å²) in [6, 6.07) is 15.0. The topological polar surface area (TPSA) is 79.2 Å². The zero-order chi connectivity index (χ0) is 17.5. The van der Waals surface area contributed by atoms with Crippen LogP contribution in [0, 0.1) is 11.3 Å². The zero-order valence-corrected chi connectivity index (χ0v) is 14.5. The van der Waals surface area contributed by atoms with E-state index in [0.717, 1.165) is 4.47 Å². The van der Waals surface area contributed by atoms with Crippen molar-refractivity contribution in [1.82, 2.24) is 5.32 Å². The van der Waals surface area contributed by atoms with Gasteiger partial charge in [0.1, 0.15) is 6.04 Å². The van der Waals surface area contributed by atoms with E-state index >= 15 is 0 Å². The lowest BCUT2D eigenvalue weighted by molar-refractivity contribution is -0.142. The van der Waals surface area contributed by atoms with Gasteiger partial charge in [0.05, 0.1) is 18.7 Å². The van der Waals surface area contributed by atoms with Gasteiger partial charge in [-0.25, -0.2) is 4.79 Å². The molecule has 1 N–H and O–H groups in total. The first-order valence-electron chi connectivity index (χ1n) is 7.17. The number of benzene rings is 2. The maximum Gasteiger partial charge on any atom is 0.328 e. The number of carbonyl (C=O) groups is 2. The molecule has 1 amide bonds. The van der Waals surface area contributed by atoms with Crippen molar-refractivity contribution in [2.45, 2.75) is 12.5 Å². The second-order valence-electron chi connectivity index (χ2n) is 5.03. The van der Waals surface area contributed by atoms with Gasteiger partial charge in [0.15, 0.2) is 0 Å². The molecule has 5 nitrogen and oxygen atoms in total. The van der Waals surface area contributed by atoms with Crippen molar-refractivity contribution in [2.75, 3.05) is 7.11 Å². The Bertz CT molecular complexity index is 799. The molecule has 2 aromatic rings. The predicted octanol–water partition coefficient (Wildman–Crippen LogP) is 2.83. The molecule has 0 unspecified atom stereocenters. The summed E-state index contributed by atoms with van der Waals surface area (Å²) >= 11 is 3.30. The Morgan fingerprint density at radius 1 is 1.25 bits per heavy atom. The minimum absolute atomic E-state index is 0.177. The highest BCUT2D eigenvalue weighted by atomic mass is 79.9. The molecule has 0 aliphatic rings. The van der Waals surface area contributed by atoms with Crippen LogP contribution in [0.3, 0.4) is 0 Å². The highest BCUT2D eigenvalue weighted by molar-refractivity contribution is 9.10. The molecule has 2 rings (SSSR count). The fourth-order valence-electron chi connectivity index (χ4n) is 2.23. The number of nitrogens with zero attached hydrogens (tertiary/aromatic N) is 1. The Labute approximate surface area is 148 Å². The molecule has 0 fully saturated rings. The van der Waals surface area contributed by atoms with Crippen LogP contribution in [0.25, 0.3) is 0 Å². The number of hydrogen-bond donors (Lipinski definition) is 1. The molecule has 0 aliphatic heterocycles. The number of esters is 1. The summed E-state index contributed by atoms with van der Waals surface area (Å²) in [4.78, 5) is 24.4. The monoisotopic (exact) mass is 386 g/mol. The van der Waals surface area contributed by atoms with Gasteiger partial charge in [0.25, 0.3) is 5.91 Å². The summed E-state index contributed by atoms with van der Waals surface area (Å²) in [5.41, 5.74) is 1.56. The molecule has 0 saturated heterocycles. The predicted molar refractivity (Wildman–Crippen MR) is 92.3 cm³/mol.